The van der Waals surface area contributed by atoms with Crippen LogP contribution >= 0.6 is 0 Å². The average molecular weight is 205 g/mol. The smallest absolute Gasteiger partial charge is 0.277 e. The van der Waals surface area contributed by atoms with Gasteiger partial charge >= 0.3 is 0 Å². The highest BCUT2D eigenvalue weighted by atomic mass is 16.5. The second-order valence-electron chi connectivity index (χ2n) is 2.67. The Morgan fingerprint density at radius 3 is 3.00 bits per heavy atom. The molecule has 0 unspecified atom stereocenters. The number of amides is 1. The van der Waals surface area contributed by atoms with Gasteiger partial charge in [0.2, 0.25) is 0 Å². The van der Waals surface area contributed by atoms with Gasteiger partial charge in [0.1, 0.15) is 17.8 Å². The molecule has 7 heteroatoms. The maximum Gasteiger partial charge on any atom is 0.277 e. The third kappa shape index (κ3) is 2.08. The van der Waals surface area contributed by atoms with E-state index in [1.165, 1.54) is 24.7 Å². The zero-order chi connectivity index (χ0) is 10.7. The molecule has 15 heavy (non-hydrogen) atoms. The second kappa shape index (κ2) is 3.74. The Hall–Kier alpha value is -2.44. The highest BCUT2D eigenvalue weighted by molar-refractivity contribution is 6.02. The summed E-state index contributed by atoms with van der Waals surface area (Å²) in [4.78, 5) is 19.1. The molecule has 0 fully saturated rings. The maximum absolute atomic E-state index is 11.5. The van der Waals surface area contributed by atoms with Crippen molar-refractivity contribution in [1.29, 1.82) is 0 Å². The van der Waals surface area contributed by atoms with Gasteiger partial charge in [-0.3, -0.25) is 9.78 Å². The quantitative estimate of drug-likeness (QED) is 0.730. The Bertz CT molecular complexity index is 468. The molecule has 3 N–H and O–H groups in total. The molecule has 0 aliphatic carbocycles. The van der Waals surface area contributed by atoms with Crippen LogP contribution in [0.5, 0.6) is 0 Å². The minimum atomic E-state index is -0.441. The summed E-state index contributed by atoms with van der Waals surface area (Å²) in [5, 5.41) is 5.98. The molecule has 76 valence electrons. The van der Waals surface area contributed by atoms with Gasteiger partial charge in [0, 0.05) is 6.07 Å². The Labute approximate surface area is 84.3 Å². The predicted octanol–water partition coefficient (Wildman–Crippen LogP) is 0.299. The van der Waals surface area contributed by atoms with Crippen LogP contribution in [-0.4, -0.2) is 21.0 Å². The van der Waals surface area contributed by atoms with E-state index < -0.39 is 5.91 Å². The number of rotatable bonds is 2. The van der Waals surface area contributed by atoms with E-state index in [-0.39, 0.29) is 11.5 Å². The van der Waals surface area contributed by atoms with Crippen LogP contribution in [0.2, 0.25) is 0 Å². The SMILES string of the molecule is Nc1cncc(C(=O)Nc2ccon2)n1. The zero-order valence-electron chi connectivity index (χ0n) is 7.54. The Morgan fingerprint density at radius 1 is 1.47 bits per heavy atom. The topological polar surface area (TPSA) is 107 Å². The monoisotopic (exact) mass is 205 g/mol. The van der Waals surface area contributed by atoms with Crippen LogP contribution in [0, 0.1) is 0 Å². The zero-order valence-corrected chi connectivity index (χ0v) is 7.54. The van der Waals surface area contributed by atoms with Gasteiger partial charge in [-0.25, -0.2) is 4.98 Å². The highest BCUT2D eigenvalue weighted by Crippen LogP contribution is 2.04. The summed E-state index contributed by atoms with van der Waals surface area (Å²) < 4.78 is 4.55. The van der Waals surface area contributed by atoms with Crippen molar-refractivity contribution in [3.63, 3.8) is 0 Å². The summed E-state index contributed by atoms with van der Waals surface area (Å²) in [6.45, 7) is 0. The van der Waals surface area contributed by atoms with Crippen LogP contribution in [0.4, 0.5) is 11.6 Å². The highest BCUT2D eigenvalue weighted by Gasteiger charge is 2.09. The number of nitrogens with two attached hydrogens (primary N) is 1. The third-order valence-electron chi connectivity index (χ3n) is 1.57. The van der Waals surface area contributed by atoms with E-state index >= 15 is 0 Å². The summed E-state index contributed by atoms with van der Waals surface area (Å²) in [6.07, 6.45) is 4.01. The van der Waals surface area contributed by atoms with E-state index in [1.54, 1.807) is 0 Å². The molecule has 0 aromatic carbocycles. The van der Waals surface area contributed by atoms with Crippen LogP contribution < -0.4 is 11.1 Å². The van der Waals surface area contributed by atoms with Gasteiger partial charge in [-0.05, 0) is 0 Å². The van der Waals surface area contributed by atoms with E-state index in [0.717, 1.165) is 0 Å². The van der Waals surface area contributed by atoms with Crippen LogP contribution in [0.25, 0.3) is 0 Å². The van der Waals surface area contributed by atoms with E-state index in [9.17, 15) is 4.79 Å². The van der Waals surface area contributed by atoms with Crippen molar-refractivity contribution in [3.8, 4) is 0 Å². The van der Waals surface area contributed by atoms with Crippen LogP contribution in [0.15, 0.2) is 29.2 Å². The number of hydrogen-bond donors (Lipinski definition) is 2. The Kier molecular flexibility index (Phi) is 2.28. The van der Waals surface area contributed by atoms with Gasteiger partial charge < -0.3 is 15.6 Å². The first-order valence-corrected chi connectivity index (χ1v) is 4.05. The molecule has 7 nitrogen and oxygen atoms in total. The predicted molar refractivity (Wildman–Crippen MR) is 50.9 cm³/mol. The summed E-state index contributed by atoms with van der Waals surface area (Å²) in [5.74, 6) is 0.0516. The van der Waals surface area contributed by atoms with Crippen molar-refractivity contribution in [2.45, 2.75) is 0 Å². The average Bonchev–Trinajstić information content (AvgIpc) is 2.70. The molecule has 2 aromatic rings. The molecule has 0 bridgehead atoms. The second-order valence-corrected chi connectivity index (χ2v) is 2.67. The maximum atomic E-state index is 11.5. The number of nitrogen functional groups attached to an aromatic ring is 1. The lowest BCUT2D eigenvalue weighted by atomic mass is 10.4. The Morgan fingerprint density at radius 2 is 2.33 bits per heavy atom. The summed E-state index contributed by atoms with van der Waals surface area (Å²) in [7, 11) is 0. The molecule has 0 aliphatic rings. The van der Waals surface area contributed by atoms with E-state index in [0.29, 0.717) is 5.82 Å². The van der Waals surface area contributed by atoms with Crippen molar-refractivity contribution in [2.24, 2.45) is 0 Å². The standard InChI is InChI=1S/C8H7N5O2/c9-6-4-10-3-5(11-6)8(14)12-7-1-2-15-13-7/h1-4H,(H2,9,11)(H,12,13,14). The first-order valence-electron chi connectivity index (χ1n) is 4.05. The molecule has 0 radical (unpaired) electrons. The largest absolute Gasteiger partial charge is 0.382 e. The molecule has 0 aliphatic heterocycles. The number of anilines is 2. The van der Waals surface area contributed by atoms with Crippen LogP contribution in [-0.2, 0) is 0 Å². The third-order valence-corrected chi connectivity index (χ3v) is 1.57. The van der Waals surface area contributed by atoms with Gasteiger partial charge in [-0.2, -0.15) is 0 Å². The van der Waals surface area contributed by atoms with Crippen molar-refractivity contribution >= 4 is 17.5 Å². The lowest BCUT2D eigenvalue weighted by molar-refractivity contribution is 0.102. The van der Waals surface area contributed by atoms with Gasteiger partial charge in [0.05, 0.1) is 12.4 Å². The molecule has 2 aromatic heterocycles. The normalized spacial score (nSPS) is 9.87. The number of aromatic nitrogens is 3. The number of nitrogens with zero attached hydrogens (tertiary/aromatic N) is 3. The van der Waals surface area contributed by atoms with Crippen molar-refractivity contribution < 1.29 is 9.32 Å². The molecule has 0 spiro atoms. The van der Waals surface area contributed by atoms with Crippen LogP contribution in [0.1, 0.15) is 10.5 Å². The summed E-state index contributed by atoms with van der Waals surface area (Å²) in [6, 6.07) is 1.51. The van der Waals surface area contributed by atoms with E-state index in [2.05, 4.69) is 25.0 Å². The molecule has 0 saturated carbocycles. The van der Waals surface area contributed by atoms with Gasteiger partial charge in [0.25, 0.3) is 5.91 Å². The molecule has 0 atom stereocenters. The Balaban J connectivity index is 2.15. The molecule has 0 saturated heterocycles. The first-order chi connectivity index (χ1) is 7.25. The fraction of sp³-hybridized carbons (Fsp3) is 0. The minimum absolute atomic E-state index is 0.123. The molecular formula is C8H7N5O2. The van der Waals surface area contributed by atoms with Crippen LogP contribution in [0.3, 0.4) is 0 Å². The molecule has 1 amide bonds. The summed E-state index contributed by atoms with van der Waals surface area (Å²) >= 11 is 0. The number of hydrogen-bond acceptors (Lipinski definition) is 6. The molecule has 2 rings (SSSR count). The van der Waals surface area contributed by atoms with Crippen molar-refractivity contribution in [1.82, 2.24) is 15.1 Å². The molecule has 2 heterocycles. The number of nitrogens with one attached hydrogen (secondary N) is 1. The minimum Gasteiger partial charge on any atom is -0.382 e. The van der Waals surface area contributed by atoms with Crippen molar-refractivity contribution in [3.05, 3.63) is 30.4 Å². The molecular weight excluding hydrogens is 198 g/mol. The fourth-order valence-electron chi connectivity index (χ4n) is 0.948. The fourth-order valence-corrected chi connectivity index (χ4v) is 0.948. The lowest BCUT2D eigenvalue weighted by Crippen LogP contribution is -2.14. The van der Waals surface area contributed by atoms with Gasteiger partial charge in [-0.1, -0.05) is 5.16 Å². The number of carbonyl (C=O) groups excluding carboxylic acids is 1. The number of carbonyl (C=O) groups is 1. The van der Waals surface area contributed by atoms with Crippen molar-refractivity contribution in [2.75, 3.05) is 11.1 Å². The van der Waals surface area contributed by atoms with Gasteiger partial charge in [-0.15, -0.1) is 0 Å². The van der Waals surface area contributed by atoms with E-state index in [4.69, 9.17) is 5.73 Å². The summed E-state index contributed by atoms with van der Waals surface area (Å²) in [5.41, 5.74) is 5.51. The van der Waals surface area contributed by atoms with E-state index in [1.807, 2.05) is 0 Å². The first kappa shape index (κ1) is 9.13. The van der Waals surface area contributed by atoms with Gasteiger partial charge in [0.15, 0.2) is 5.82 Å². The lowest BCUT2D eigenvalue weighted by Gasteiger charge is -2.00.